The second-order valence-electron chi connectivity index (χ2n) is 6.90. The van der Waals surface area contributed by atoms with Gasteiger partial charge in [-0.1, -0.05) is 6.07 Å². The first-order valence-corrected chi connectivity index (χ1v) is 9.37. The molecule has 7 nitrogen and oxygen atoms in total. The summed E-state index contributed by atoms with van der Waals surface area (Å²) in [5.41, 5.74) is 4.17. The van der Waals surface area contributed by atoms with Crippen LogP contribution in [-0.2, 0) is 0 Å². The van der Waals surface area contributed by atoms with E-state index < -0.39 is 11.9 Å². The molecule has 0 spiro atoms. The van der Waals surface area contributed by atoms with Crippen molar-refractivity contribution in [2.24, 2.45) is 0 Å². The Hall–Kier alpha value is -3.94. The van der Waals surface area contributed by atoms with Gasteiger partial charge < -0.3 is 5.32 Å². The molecule has 3 heterocycles. The van der Waals surface area contributed by atoms with Gasteiger partial charge in [0, 0.05) is 17.3 Å². The molecule has 0 saturated heterocycles. The predicted molar refractivity (Wildman–Crippen MR) is 109 cm³/mol. The summed E-state index contributed by atoms with van der Waals surface area (Å²) in [6.07, 6.45) is 6.04. The van der Waals surface area contributed by atoms with E-state index >= 15 is 0 Å². The molecule has 0 aliphatic heterocycles. The summed E-state index contributed by atoms with van der Waals surface area (Å²) in [6, 6.07) is 11.7. The van der Waals surface area contributed by atoms with Crippen LogP contribution in [0.15, 0.2) is 67.3 Å². The van der Waals surface area contributed by atoms with E-state index in [1.165, 1.54) is 10.9 Å². The third kappa shape index (κ3) is 4.22. The number of pyridine rings is 2. The van der Waals surface area contributed by atoms with Gasteiger partial charge in [0.25, 0.3) is 5.91 Å². The van der Waals surface area contributed by atoms with E-state index in [9.17, 15) is 9.18 Å². The molecule has 8 heteroatoms. The van der Waals surface area contributed by atoms with Gasteiger partial charge in [0.1, 0.15) is 5.82 Å². The lowest BCUT2D eigenvalue weighted by molar-refractivity contribution is 0.0939. The number of carbonyl (C=O) groups excluding carboxylic acids is 1. The summed E-state index contributed by atoms with van der Waals surface area (Å²) in [5.74, 6) is -0.720. The van der Waals surface area contributed by atoms with Gasteiger partial charge in [-0.2, -0.15) is 15.0 Å². The Balaban J connectivity index is 1.68. The van der Waals surface area contributed by atoms with Crippen molar-refractivity contribution in [2.45, 2.75) is 19.9 Å². The van der Waals surface area contributed by atoms with Crippen molar-refractivity contribution in [1.29, 1.82) is 0 Å². The number of nitrogens with zero attached hydrogens (tertiary/aromatic N) is 5. The van der Waals surface area contributed by atoms with Crippen LogP contribution in [0.5, 0.6) is 0 Å². The van der Waals surface area contributed by atoms with Crippen molar-refractivity contribution >= 4 is 5.91 Å². The van der Waals surface area contributed by atoms with Crippen molar-refractivity contribution in [3.05, 3.63) is 89.9 Å². The number of carbonyl (C=O) groups is 1. The second-order valence-corrected chi connectivity index (χ2v) is 6.90. The molecule has 0 bridgehead atoms. The largest absolute Gasteiger partial charge is 0.344 e. The Morgan fingerprint density at radius 2 is 1.83 bits per heavy atom. The summed E-state index contributed by atoms with van der Waals surface area (Å²) in [7, 11) is 0. The van der Waals surface area contributed by atoms with Gasteiger partial charge in [-0.3, -0.25) is 14.8 Å². The zero-order valence-corrected chi connectivity index (χ0v) is 16.5. The normalized spacial score (nSPS) is 11.8. The second kappa shape index (κ2) is 8.20. The minimum Gasteiger partial charge on any atom is -0.344 e. The first-order valence-electron chi connectivity index (χ1n) is 9.37. The van der Waals surface area contributed by atoms with Crippen molar-refractivity contribution in [2.75, 3.05) is 0 Å². The molecule has 1 N–H and O–H groups in total. The van der Waals surface area contributed by atoms with Crippen LogP contribution in [0.4, 0.5) is 4.39 Å². The van der Waals surface area contributed by atoms with Crippen LogP contribution in [0.2, 0.25) is 0 Å². The van der Waals surface area contributed by atoms with Crippen molar-refractivity contribution in [3.8, 4) is 16.9 Å². The average molecular weight is 402 g/mol. The predicted octanol–water partition coefficient (Wildman–Crippen LogP) is 3.66. The molecule has 3 aromatic heterocycles. The van der Waals surface area contributed by atoms with Crippen molar-refractivity contribution in [3.63, 3.8) is 0 Å². The van der Waals surface area contributed by atoms with Crippen LogP contribution in [0.3, 0.4) is 0 Å². The zero-order chi connectivity index (χ0) is 21.1. The number of rotatable bonds is 5. The number of benzene rings is 1. The highest BCUT2D eigenvalue weighted by molar-refractivity contribution is 5.96. The van der Waals surface area contributed by atoms with Crippen LogP contribution in [0, 0.1) is 12.7 Å². The summed E-state index contributed by atoms with van der Waals surface area (Å²) < 4.78 is 13.1. The number of amides is 1. The van der Waals surface area contributed by atoms with Gasteiger partial charge in [0.2, 0.25) is 0 Å². The van der Waals surface area contributed by atoms with E-state index in [4.69, 9.17) is 0 Å². The molecule has 30 heavy (non-hydrogen) atoms. The Kier molecular flexibility index (Phi) is 5.30. The van der Waals surface area contributed by atoms with Crippen LogP contribution in [-0.4, -0.2) is 30.9 Å². The van der Waals surface area contributed by atoms with Crippen LogP contribution in [0.1, 0.15) is 34.6 Å². The van der Waals surface area contributed by atoms with Gasteiger partial charge in [-0.15, -0.1) is 0 Å². The number of hydrogen-bond donors (Lipinski definition) is 1. The summed E-state index contributed by atoms with van der Waals surface area (Å²) in [5, 5.41) is 11.2. The molecule has 0 aliphatic rings. The van der Waals surface area contributed by atoms with E-state index in [2.05, 4.69) is 25.5 Å². The topological polar surface area (TPSA) is 85.6 Å². The van der Waals surface area contributed by atoms with Gasteiger partial charge in [-0.05, 0) is 55.8 Å². The number of aromatic nitrogens is 5. The van der Waals surface area contributed by atoms with Gasteiger partial charge >= 0.3 is 0 Å². The fourth-order valence-electron chi connectivity index (χ4n) is 2.99. The minimum atomic E-state index is -0.424. The third-order valence-corrected chi connectivity index (χ3v) is 4.58. The Morgan fingerprint density at radius 1 is 1.03 bits per heavy atom. The first-order chi connectivity index (χ1) is 14.5. The molecule has 0 unspecified atom stereocenters. The Morgan fingerprint density at radius 3 is 2.50 bits per heavy atom. The number of nitrogens with one attached hydrogen (secondary N) is 1. The summed E-state index contributed by atoms with van der Waals surface area (Å²) >= 11 is 0. The van der Waals surface area contributed by atoms with Gasteiger partial charge in [0.05, 0.1) is 41.7 Å². The Labute approximate surface area is 172 Å². The molecule has 4 aromatic rings. The molecule has 150 valence electrons. The first kappa shape index (κ1) is 19.4. The van der Waals surface area contributed by atoms with E-state index in [0.29, 0.717) is 16.9 Å². The summed E-state index contributed by atoms with van der Waals surface area (Å²) in [6.45, 7) is 3.75. The Bertz CT molecular complexity index is 1160. The monoisotopic (exact) mass is 402 g/mol. The lowest BCUT2D eigenvalue weighted by Crippen LogP contribution is -2.27. The molecule has 1 amide bonds. The fourth-order valence-corrected chi connectivity index (χ4v) is 2.99. The van der Waals surface area contributed by atoms with E-state index in [1.54, 1.807) is 43.7 Å². The maximum atomic E-state index is 13.1. The number of halogens is 1. The highest BCUT2D eigenvalue weighted by atomic mass is 19.1. The molecule has 4 rings (SSSR count). The lowest BCUT2D eigenvalue weighted by Gasteiger charge is -2.15. The standard InChI is InChI=1S/C22H19FN6O/c1-14-3-5-21(24-12-14)16-9-17(11-19(10-16)29-26-7-8-27-29)22(30)28-15(2)20-6-4-18(23)13-25-20/h3-13,15H,1-2H3,(H,28,30)/t15-/m1/s1. The van der Waals surface area contributed by atoms with Crippen molar-refractivity contribution < 1.29 is 9.18 Å². The molecular formula is C22H19FN6O. The highest BCUT2D eigenvalue weighted by Crippen LogP contribution is 2.23. The number of hydrogen-bond acceptors (Lipinski definition) is 5. The third-order valence-electron chi connectivity index (χ3n) is 4.58. The maximum absolute atomic E-state index is 13.1. The molecule has 1 aromatic carbocycles. The minimum absolute atomic E-state index is 0.295. The quantitative estimate of drug-likeness (QED) is 0.551. The molecular weight excluding hydrogens is 383 g/mol. The highest BCUT2D eigenvalue weighted by Gasteiger charge is 2.16. The maximum Gasteiger partial charge on any atom is 0.251 e. The van der Waals surface area contributed by atoms with Crippen LogP contribution >= 0.6 is 0 Å². The van der Waals surface area contributed by atoms with Crippen LogP contribution < -0.4 is 5.32 Å². The number of aryl methyl sites for hydroxylation is 1. The lowest BCUT2D eigenvalue weighted by atomic mass is 10.0. The zero-order valence-electron chi connectivity index (χ0n) is 16.5. The fraction of sp³-hybridized carbons (Fsp3) is 0.136. The average Bonchev–Trinajstić information content (AvgIpc) is 3.29. The smallest absolute Gasteiger partial charge is 0.251 e. The van der Waals surface area contributed by atoms with Gasteiger partial charge in [-0.25, -0.2) is 4.39 Å². The van der Waals surface area contributed by atoms with E-state index in [1.807, 2.05) is 25.1 Å². The SMILES string of the molecule is Cc1ccc(-c2cc(C(=O)N[C@H](C)c3ccc(F)cn3)cc(-n3nccn3)c2)nc1. The molecule has 0 aliphatic carbocycles. The molecule has 0 radical (unpaired) electrons. The van der Waals surface area contributed by atoms with E-state index in [-0.39, 0.29) is 5.91 Å². The van der Waals surface area contributed by atoms with Crippen molar-refractivity contribution in [1.82, 2.24) is 30.3 Å². The molecule has 0 saturated carbocycles. The summed E-state index contributed by atoms with van der Waals surface area (Å²) in [4.78, 5) is 22.9. The molecule has 1 atom stereocenters. The van der Waals surface area contributed by atoms with Gasteiger partial charge in [0.15, 0.2) is 0 Å². The molecule has 0 fully saturated rings. The van der Waals surface area contributed by atoms with E-state index in [0.717, 1.165) is 23.0 Å². The van der Waals surface area contributed by atoms with Crippen LogP contribution in [0.25, 0.3) is 16.9 Å².